The third-order valence-electron chi connectivity index (χ3n) is 4.16. The Labute approximate surface area is 131 Å². The fraction of sp³-hybridized carbons (Fsp3) is 0.250. The smallest absolute Gasteiger partial charge is 0.213 e. The van der Waals surface area contributed by atoms with E-state index in [1.807, 2.05) is 6.07 Å². The normalized spacial score (nSPS) is 23.4. The quantitative estimate of drug-likeness (QED) is 0.800. The van der Waals surface area contributed by atoms with Crippen molar-refractivity contribution in [2.24, 2.45) is 16.7 Å². The minimum Gasteiger partial charge on any atom is -0.258 e. The first kappa shape index (κ1) is 15.7. The number of nitrogens with zero attached hydrogens (tertiary/aromatic N) is 5. The van der Waals surface area contributed by atoms with Crippen molar-refractivity contribution in [2.45, 2.75) is 5.92 Å². The van der Waals surface area contributed by atoms with Crippen molar-refractivity contribution < 1.29 is 9.80 Å². The molecular weight excluding hydrogens is 295 g/mol. The van der Waals surface area contributed by atoms with Crippen molar-refractivity contribution in [1.29, 1.82) is 26.3 Å². The van der Waals surface area contributed by atoms with Crippen LogP contribution in [0, 0.1) is 79.2 Å². The Bertz CT molecular complexity index is 855. The van der Waals surface area contributed by atoms with Crippen LogP contribution in [0.2, 0.25) is 0 Å². The van der Waals surface area contributed by atoms with E-state index in [2.05, 4.69) is 0 Å². The zero-order chi connectivity index (χ0) is 17.3. The van der Waals surface area contributed by atoms with E-state index in [1.165, 1.54) is 12.1 Å². The fourth-order valence-corrected chi connectivity index (χ4v) is 2.97. The van der Waals surface area contributed by atoms with Crippen LogP contribution in [0.25, 0.3) is 0 Å². The summed E-state index contributed by atoms with van der Waals surface area (Å²) in [6.07, 6.45) is 0. The van der Waals surface area contributed by atoms with Gasteiger partial charge in [-0.2, -0.15) is 26.3 Å². The lowest BCUT2D eigenvalue weighted by molar-refractivity contribution is -0.124. The minimum absolute atomic E-state index is 0.331. The highest BCUT2D eigenvalue weighted by Gasteiger charge is 2.85. The third kappa shape index (κ3) is 1.77. The second-order valence-corrected chi connectivity index (χ2v) is 5.08. The van der Waals surface area contributed by atoms with E-state index in [-0.39, 0.29) is 5.71 Å². The van der Waals surface area contributed by atoms with Gasteiger partial charge in [0.05, 0.1) is 30.3 Å². The monoisotopic (exact) mass is 303 g/mol. The van der Waals surface area contributed by atoms with Crippen LogP contribution in [0.1, 0.15) is 11.5 Å². The molecule has 0 heterocycles. The van der Waals surface area contributed by atoms with Gasteiger partial charge in [0.15, 0.2) is 10.8 Å². The molecule has 0 radical (unpaired) electrons. The highest BCUT2D eigenvalue weighted by Crippen LogP contribution is 2.74. The largest absolute Gasteiger partial charge is 0.258 e. The lowest BCUT2D eigenvalue weighted by Crippen LogP contribution is -2.50. The van der Waals surface area contributed by atoms with Gasteiger partial charge < -0.3 is 0 Å². The summed E-state index contributed by atoms with van der Waals surface area (Å²) >= 11 is 0. The standard InChI is InChI=1S/C16H7FN6/c17-12-3-1-10(2-4-12)13-15(7-20,8-21)16(13,9-22)14(23)11(5-18)6-19/h1-4,11,13,23H/p+1/t13-,16-/m0/s1. The van der Waals surface area contributed by atoms with Gasteiger partial charge in [0.2, 0.25) is 11.6 Å². The molecule has 23 heavy (non-hydrogen) atoms. The number of hydrogen-bond donors (Lipinski definition) is 1. The van der Waals surface area contributed by atoms with E-state index < -0.39 is 28.5 Å². The summed E-state index contributed by atoms with van der Waals surface area (Å²) in [6.45, 7) is 0. The summed E-state index contributed by atoms with van der Waals surface area (Å²) in [4.78, 5) is 0. The van der Waals surface area contributed by atoms with Crippen LogP contribution >= 0.6 is 0 Å². The molecule has 1 saturated carbocycles. The zero-order valence-electron chi connectivity index (χ0n) is 11.7. The molecule has 1 aromatic rings. The Kier molecular flexibility index (Phi) is 3.56. The van der Waals surface area contributed by atoms with Crippen molar-refractivity contribution in [3.05, 3.63) is 35.6 Å². The predicted octanol–water partition coefficient (Wildman–Crippen LogP) is 0.330. The van der Waals surface area contributed by atoms with Crippen molar-refractivity contribution in [3.8, 4) is 30.3 Å². The average Bonchev–Trinajstić information content (AvgIpc) is 3.20. The first-order valence-electron chi connectivity index (χ1n) is 6.40. The van der Waals surface area contributed by atoms with E-state index in [9.17, 15) is 20.2 Å². The molecule has 0 aromatic heterocycles. The summed E-state index contributed by atoms with van der Waals surface area (Å²) in [6, 6.07) is 13.7. The number of nitrogens with two attached hydrogens (primary N) is 1. The van der Waals surface area contributed by atoms with E-state index in [1.54, 1.807) is 24.3 Å². The summed E-state index contributed by atoms with van der Waals surface area (Å²) in [7, 11) is 0. The molecule has 0 spiro atoms. The molecule has 7 heteroatoms. The molecule has 108 valence electrons. The Morgan fingerprint density at radius 3 is 1.91 bits per heavy atom. The van der Waals surface area contributed by atoms with Gasteiger partial charge in [0.25, 0.3) is 0 Å². The molecule has 2 N–H and O–H groups in total. The predicted molar refractivity (Wildman–Crippen MR) is 72.5 cm³/mol. The lowest BCUT2D eigenvalue weighted by atomic mass is 9.84. The number of benzene rings is 1. The highest BCUT2D eigenvalue weighted by atomic mass is 19.1. The van der Waals surface area contributed by atoms with Gasteiger partial charge in [-0.1, -0.05) is 12.1 Å². The van der Waals surface area contributed by atoms with Crippen LogP contribution in [0.5, 0.6) is 0 Å². The molecule has 0 amide bonds. The van der Waals surface area contributed by atoms with E-state index >= 15 is 0 Å². The number of rotatable bonds is 3. The Balaban J connectivity index is 2.66. The maximum absolute atomic E-state index is 13.1. The van der Waals surface area contributed by atoms with Gasteiger partial charge >= 0.3 is 0 Å². The molecule has 1 aliphatic rings. The minimum atomic E-state index is -1.82. The van der Waals surface area contributed by atoms with Crippen molar-refractivity contribution >= 4 is 5.71 Å². The fourth-order valence-electron chi connectivity index (χ4n) is 2.97. The summed E-state index contributed by atoms with van der Waals surface area (Å²) in [5.74, 6) is -2.90. The zero-order valence-corrected chi connectivity index (χ0v) is 11.7. The van der Waals surface area contributed by atoms with Gasteiger partial charge in [0, 0.05) is 5.92 Å². The first-order valence-corrected chi connectivity index (χ1v) is 6.40. The number of halogens is 1. The highest BCUT2D eigenvalue weighted by molar-refractivity contribution is 6.00. The first-order chi connectivity index (χ1) is 11.0. The molecule has 2 rings (SSSR count). The molecule has 2 atom stereocenters. The molecule has 1 aliphatic carbocycles. The van der Waals surface area contributed by atoms with E-state index in [4.69, 9.17) is 15.9 Å². The van der Waals surface area contributed by atoms with Crippen molar-refractivity contribution in [2.75, 3.05) is 0 Å². The molecule has 1 aromatic carbocycles. The Hall–Kier alpha value is -3.73. The molecule has 1 fully saturated rings. The van der Waals surface area contributed by atoms with Crippen LogP contribution in [0.15, 0.2) is 24.3 Å². The van der Waals surface area contributed by atoms with Crippen LogP contribution in [0.3, 0.4) is 0 Å². The van der Waals surface area contributed by atoms with Gasteiger partial charge in [-0.05, 0) is 17.7 Å². The van der Waals surface area contributed by atoms with Gasteiger partial charge in [-0.3, -0.25) is 5.41 Å². The molecule has 0 bridgehead atoms. The van der Waals surface area contributed by atoms with Crippen LogP contribution in [-0.4, -0.2) is 5.71 Å². The number of nitriles is 5. The van der Waals surface area contributed by atoms with Crippen LogP contribution in [-0.2, 0) is 0 Å². The third-order valence-corrected chi connectivity index (χ3v) is 4.16. The molecule has 0 saturated heterocycles. The molecule has 0 aliphatic heterocycles. The van der Waals surface area contributed by atoms with Gasteiger partial charge in [0.1, 0.15) is 5.82 Å². The van der Waals surface area contributed by atoms with Crippen LogP contribution in [0.4, 0.5) is 4.39 Å². The summed E-state index contributed by atoms with van der Waals surface area (Å²) in [5.41, 5.74) is -3.57. The second kappa shape index (κ2) is 5.23. The van der Waals surface area contributed by atoms with Crippen molar-refractivity contribution in [3.63, 3.8) is 0 Å². The Morgan fingerprint density at radius 1 is 1.00 bits per heavy atom. The second-order valence-electron chi connectivity index (χ2n) is 5.08. The van der Waals surface area contributed by atoms with Crippen molar-refractivity contribution in [1.82, 2.24) is 0 Å². The summed E-state index contributed by atoms with van der Waals surface area (Å²) in [5, 5.41) is 52.3. The molecule has 6 nitrogen and oxygen atoms in total. The van der Waals surface area contributed by atoms with Crippen LogP contribution < -0.4 is 5.41 Å². The topological polar surface area (TPSA) is 145 Å². The average molecular weight is 303 g/mol. The maximum atomic E-state index is 13.1. The molecular formula is C16H8FN6+. The van der Waals surface area contributed by atoms with E-state index in [0.717, 1.165) is 12.1 Å². The van der Waals surface area contributed by atoms with E-state index in [0.29, 0.717) is 5.56 Å². The van der Waals surface area contributed by atoms with Gasteiger partial charge in [-0.15, -0.1) is 0 Å². The SMILES string of the molecule is N#CC(C#N)C(=[NH2+])[C@]1(C#N)[C@@H](c2ccc(F)cc2)C1(C#N)C#N. The summed E-state index contributed by atoms with van der Waals surface area (Å²) < 4.78 is 13.1. The Morgan fingerprint density at radius 2 is 1.52 bits per heavy atom. The van der Waals surface area contributed by atoms with Gasteiger partial charge in [-0.25, -0.2) is 4.39 Å². The lowest BCUT2D eigenvalue weighted by Gasteiger charge is -2.06. The maximum Gasteiger partial charge on any atom is 0.213 e. The number of hydrogen-bond acceptors (Lipinski definition) is 5. The molecule has 0 unspecified atom stereocenters.